The Balaban J connectivity index is 1.42. The van der Waals surface area contributed by atoms with Gasteiger partial charge in [0.2, 0.25) is 5.91 Å². The second-order valence-electron chi connectivity index (χ2n) is 10.7. The van der Waals surface area contributed by atoms with Crippen LogP contribution in [-0.2, 0) is 14.3 Å². The number of carboxylic acids is 1. The van der Waals surface area contributed by atoms with Gasteiger partial charge < -0.3 is 20.5 Å². The van der Waals surface area contributed by atoms with Gasteiger partial charge in [0.15, 0.2) is 0 Å². The number of alkyl carbamates (subject to hydrolysis) is 1. The highest BCUT2D eigenvalue weighted by Crippen LogP contribution is 2.44. The standard InChI is InChI=1S/C28H34N2O5/c1-27(2,25(32)33)28(3,4)30-24(31)23(15-17-13-14-17)29-26(34)35-16-22-20-11-7-5-9-18(20)19-10-6-8-12-21(19)22/h5-12,17,22-23H,13-16H2,1-4H3,(H,29,34)(H,30,31)(H,32,33). The van der Waals surface area contributed by atoms with Crippen molar-refractivity contribution in [3.8, 4) is 11.1 Å². The predicted octanol–water partition coefficient (Wildman–Crippen LogP) is 4.70. The lowest BCUT2D eigenvalue weighted by atomic mass is 9.74. The van der Waals surface area contributed by atoms with Crippen LogP contribution in [0.15, 0.2) is 48.5 Å². The molecule has 3 N–H and O–H groups in total. The van der Waals surface area contributed by atoms with Crippen molar-refractivity contribution in [2.24, 2.45) is 11.3 Å². The number of ether oxygens (including phenoxy) is 1. The van der Waals surface area contributed by atoms with E-state index < -0.39 is 35.0 Å². The fourth-order valence-electron chi connectivity index (χ4n) is 4.52. The van der Waals surface area contributed by atoms with E-state index in [1.807, 2.05) is 24.3 Å². The number of amides is 2. The molecule has 2 amide bonds. The summed E-state index contributed by atoms with van der Waals surface area (Å²) in [4.78, 5) is 37.7. The number of aliphatic carboxylic acids is 1. The first-order valence-corrected chi connectivity index (χ1v) is 12.2. The number of carbonyl (C=O) groups is 3. The van der Waals surface area contributed by atoms with E-state index in [0.717, 1.165) is 35.1 Å². The number of hydrogen-bond donors (Lipinski definition) is 3. The Bertz CT molecular complexity index is 1090. The van der Waals surface area contributed by atoms with E-state index in [4.69, 9.17) is 4.74 Å². The summed E-state index contributed by atoms with van der Waals surface area (Å²) in [5.41, 5.74) is 2.30. The highest BCUT2D eigenvalue weighted by atomic mass is 16.5. The summed E-state index contributed by atoms with van der Waals surface area (Å²) < 4.78 is 5.63. The minimum absolute atomic E-state index is 0.0702. The fraction of sp³-hybridized carbons (Fsp3) is 0.464. The Morgan fingerprint density at radius 1 is 0.971 bits per heavy atom. The minimum atomic E-state index is -1.20. The van der Waals surface area contributed by atoms with E-state index in [0.29, 0.717) is 12.3 Å². The van der Waals surface area contributed by atoms with Crippen molar-refractivity contribution in [2.75, 3.05) is 6.61 Å². The Hall–Kier alpha value is -3.35. The molecule has 2 aliphatic carbocycles. The molecule has 1 atom stereocenters. The van der Waals surface area contributed by atoms with Gasteiger partial charge >= 0.3 is 12.1 Å². The molecule has 2 aromatic carbocycles. The number of rotatable bonds is 9. The van der Waals surface area contributed by atoms with Crippen LogP contribution in [0.2, 0.25) is 0 Å². The highest BCUT2D eigenvalue weighted by molar-refractivity contribution is 5.87. The van der Waals surface area contributed by atoms with Crippen molar-refractivity contribution in [3.05, 3.63) is 59.7 Å². The molecule has 0 aliphatic heterocycles. The van der Waals surface area contributed by atoms with Gasteiger partial charge in [0.25, 0.3) is 0 Å². The Labute approximate surface area is 206 Å². The molecule has 1 unspecified atom stereocenters. The third-order valence-corrected chi connectivity index (χ3v) is 7.75. The minimum Gasteiger partial charge on any atom is -0.481 e. The van der Waals surface area contributed by atoms with Crippen molar-refractivity contribution >= 4 is 18.0 Å². The van der Waals surface area contributed by atoms with Crippen molar-refractivity contribution in [3.63, 3.8) is 0 Å². The van der Waals surface area contributed by atoms with Crippen LogP contribution in [0.25, 0.3) is 11.1 Å². The van der Waals surface area contributed by atoms with Crippen LogP contribution in [-0.4, -0.2) is 41.3 Å². The van der Waals surface area contributed by atoms with Gasteiger partial charge in [-0.3, -0.25) is 9.59 Å². The zero-order valence-corrected chi connectivity index (χ0v) is 20.8. The van der Waals surface area contributed by atoms with Crippen molar-refractivity contribution in [1.82, 2.24) is 10.6 Å². The molecule has 0 saturated heterocycles. The monoisotopic (exact) mass is 478 g/mol. The Kier molecular flexibility index (Phi) is 6.62. The topological polar surface area (TPSA) is 105 Å². The number of hydrogen-bond acceptors (Lipinski definition) is 4. The first-order chi connectivity index (χ1) is 16.5. The summed E-state index contributed by atoms with van der Waals surface area (Å²) in [5, 5.41) is 15.2. The Morgan fingerprint density at radius 2 is 1.51 bits per heavy atom. The summed E-state index contributed by atoms with van der Waals surface area (Å²) in [6.45, 7) is 6.67. The highest BCUT2D eigenvalue weighted by Gasteiger charge is 2.45. The normalized spacial score (nSPS) is 16.1. The molecule has 4 rings (SSSR count). The number of carbonyl (C=O) groups excluding carboxylic acids is 2. The molecule has 0 heterocycles. The van der Waals surface area contributed by atoms with Gasteiger partial charge in [-0.1, -0.05) is 61.4 Å². The van der Waals surface area contributed by atoms with Crippen LogP contribution in [0.5, 0.6) is 0 Å². The summed E-state index contributed by atoms with van der Waals surface area (Å²) >= 11 is 0. The summed E-state index contributed by atoms with van der Waals surface area (Å²) in [6.07, 6.45) is 1.88. The first-order valence-electron chi connectivity index (χ1n) is 12.2. The molecule has 35 heavy (non-hydrogen) atoms. The number of fused-ring (bicyclic) bond motifs is 3. The van der Waals surface area contributed by atoms with Crippen molar-refractivity contribution in [2.45, 2.75) is 64.5 Å². The van der Waals surface area contributed by atoms with Crippen LogP contribution in [0.1, 0.15) is 64.0 Å². The zero-order chi connectivity index (χ0) is 25.4. The van der Waals surface area contributed by atoms with E-state index in [1.54, 1.807) is 27.7 Å². The maximum Gasteiger partial charge on any atom is 0.407 e. The van der Waals surface area contributed by atoms with E-state index in [1.165, 1.54) is 0 Å². The molecule has 186 valence electrons. The van der Waals surface area contributed by atoms with Crippen molar-refractivity contribution < 1.29 is 24.2 Å². The van der Waals surface area contributed by atoms with Gasteiger partial charge in [-0.2, -0.15) is 0 Å². The average molecular weight is 479 g/mol. The SMILES string of the molecule is CC(C)(NC(=O)C(CC1CC1)NC(=O)OCC1c2ccccc2-c2ccccc21)C(C)(C)C(=O)O. The van der Waals surface area contributed by atoms with Crippen LogP contribution in [0.4, 0.5) is 4.79 Å². The summed E-state index contributed by atoms with van der Waals surface area (Å²) in [6, 6.07) is 15.4. The molecule has 0 aromatic heterocycles. The third-order valence-electron chi connectivity index (χ3n) is 7.75. The van der Waals surface area contributed by atoms with Gasteiger partial charge in [0, 0.05) is 5.92 Å². The molecule has 0 spiro atoms. The lowest BCUT2D eigenvalue weighted by molar-refractivity contribution is -0.152. The van der Waals surface area contributed by atoms with Gasteiger partial charge in [0.1, 0.15) is 12.6 Å². The van der Waals surface area contributed by atoms with Gasteiger partial charge in [-0.05, 0) is 62.3 Å². The Morgan fingerprint density at radius 3 is 2.03 bits per heavy atom. The second-order valence-corrected chi connectivity index (χ2v) is 10.7. The number of benzene rings is 2. The average Bonchev–Trinajstić information content (AvgIpc) is 3.57. The van der Waals surface area contributed by atoms with Crippen molar-refractivity contribution in [1.29, 1.82) is 0 Å². The molecule has 1 saturated carbocycles. The van der Waals surface area contributed by atoms with Gasteiger partial charge in [-0.25, -0.2) is 4.79 Å². The molecule has 0 radical (unpaired) electrons. The molecular weight excluding hydrogens is 444 g/mol. The molecular formula is C28H34N2O5. The number of nitrogens with one attached hydrogen (secondary N) is 2. The lowest BCUT2D eigenvalue weighted by Gasteiger charge is -2.39. The predicted molar refractivity (Wildman–Crippen MR) is 133 cm³/mol. The molecule has 2 aliphatic rings. The molecule has 1 fully saturated rings. The van der Waals surface area contributed by atoms with E-state index >= 15 is 0 Å². The van der Waals surface area contributed by atoms with Crippen LogP contribution >= 0.6 is 0 Å². The largest absolute Gasteiger partial charge is 0.481 e. The maximum absolute atomic E-state index is 13.1. The molecule has 0 bridgehead atoms. The van der Waals surface area contributed by atoms with E-state index in [-0.39, 0.29) is 12.5 Å². The summed E-state index contributed by atoms with van der Waals surface area (Å²) in [5.74, 6) is -1.11. The van der Waals surface area contributed by atoms with Crippen LogP contribution in [0.3, 0.4) is 0 Å². The zero-order valence-electron chi connectivity index (χ0n) is 20.8. The van der Waals surface area contributed by atoms with E-state index in [2.05, 4.69) is 34.9 Å². The number of carboxylic acid groups (broad SMARTS) is 1. The van der Waals surface area contributed by atoms with Gasteiger partial charge in [-0.15, -0.1) is 0 Å². The smallest absolute Gasteiger partial charge is 0.407 e. The van der Waals surface area contributed by atoms with Crippen LogP contribution < -0.4 is 10.6 Å². The van der Waals surface area contributed by atoms with E-state index in [9.17, 15) is 19.5 Å². The maximum atomic E-state index is 13.1. The first kappa shape index (κ1) is 24.8. The lowest BCUT2D eigenvalue weighted by Crippen LogP contribution is -2.60. The molecule has 7 heteroatoms. The molecule has 7 nitrogen and oxygen atoms in total. The second kappa shape index (κ2) is 9.36. The fourth-order valence-corrected chi connectivity index (χ4v) is 4.52. The molecule has 2 aromatic rings. The third kappa shape index (κ3) is 5.04. The van der Waals surface area contributed by atoms with Gasteiger partial charge in [0.05, 0.1) is 11.0 Å². The van der Waals surface area contributed by atoms with Crippen LogP contribution in [0, 0.1) is 11.3 Å². The quantitative estimate of drug-likeness (QED) is 0.485. The summed E-state index contributed by atoms with van der Waals surface area (Å²) in [7, 11) is 0.